The van der Waals surface area contributed by atoms with Gasteiger partial charge < -0.3 is 4.74 Å². The van der Waals surface area contributed by atoms with Crippen molar-refractivity contribution in [2.24, 2.45) is 0 Å². The highest BCUT2D eigenvalue weighted by Gasteiger charge is 2.35. The van der Waals surface area contributed by atoms with Crippen LogP contribution in [0.2, 0.25) is 0 Å². The molecule has 0 unspecified atom stereocenters. The number of carbonyl (C=O) groups excluding carboxylic acids is 3. The first-order valence-electron chi connectivity index (χ1n) is 9.78. The minimum absolute atomic E-state index is 0.205. The summed E-state index contributed by atoms with van der Waals surface area (Å²) >= 11 is 4.28. The van der Waals surface area contributed by atoms with Gasteiger partial charge in [-0.05, 0) is 60.7 Å². The average Bonchev–Trinajstić information content (AvgIpc) is 3.05. The van der Waals surface area contributed by atoms with Gasteiger partial charge >= 0.3 is 5.97 Å². The fourth-order valence-corrected chi connectivity index (χ4v) is 4.32. The van der Waals surface area contributed by atoms with Gasteiger partial charge in [0.05, 0.1) is 17.0 Å². The molecule has 32 heavy (non-hydrogen) atoms. The lowest BCUT2D eigenvalue weighted by Crippen LogP contribution is -2.27. The van der Waals surface area contributed by atoms with Crippen LogP contribution in [0.5, 0.6) is 5.75 Å². The molecule has 2 amide bonds. The highest BCUT2D eigenvalue weighted by atomic mass is 79.9. The van der Waals surface area contributed by atoms with E-state index in [4.69, 9.17) is 4.74 Å². The largest absolute Gasteiger partial charge is 0.422 e. The Morgan fingerprint density at radius 2 is 1.75 bits per heavy atom. The van der Waals surface area contributed by atoms with E-state index in [1.807, 2.05) is 37.3 Å². The Hall–Kier alpha value is -3.16. The predicted octanol–water partition coefficient (Wildman–Crippen LogP) is 6.21. The number of hydrogen-bond donors (Lipinski definition) is 0. The van der Waals surface area contributed by atoms with E-state index in [1.165, 1.54) is 4.90 Å². The Labute approximate surface area is 198 Å². The molecule has 4 rings (SSSR count). The molecule has 0 saturated carbocycles. The molecule has 0 atom stereocenters. The molecule has 0 radical (unpaired) electrons. The summed E-state index contributed by atoms with van der Waals surface area (Å²) in [6.45, 7) is 2.18. The number of amides is 2. The third-order valence-electron chi connectivity index (χ3n) is 4.81. The van der Waals surface area contributed by atoms with Crippen molar-refractivity contribution in [3.8, 4) is 5.75 Å². The van der Waals surface area contributed by atoms with Crippen molar-refractivity contribution < 1.29 is 19.1 Å². The van der Waals surface area contributed by atoms with Crippen LogP contribution in [-0.2, 0) is 11.3 Å². The molecule has 1 aliphatic rings. The van der Waals surface area contributed by atoms with Crippen LogP contribution in [0.25, 0.3) is 6.08 Å². The standard InChI is InChI=1S/C25H18BrNO4S/c1-16-7-9-17(10-8-16)15-27-23(28)22(32-25(27)30)14-19-13-20(26)11-12-21(19)31-24(29)18-5-3-2-4-6-18/h2-14H,15H2,1H3/b22-14-. The molecule has 1 aliphatic heterocycles. The topological polar surface area (TPSA) is 63.7 Å². The van der Waals surface area contributed by atoms with Crippen molar-refractivity contribution in [1.82, 2.24) is 4.90 Å². The van der Waals surface area contributed by atoms with E-state index in [0.717, 1.165) is 27.4 Å². The molecule has 0 bridgehead atoms. The Morgan fingerprint density at radius 1 is 1.03 bits per heavy atom. The highest BCUT2D eigenvalue weighted by Crippen LogP contribution is 2.35. The maximum atomic E-state index is 12.9. The first-order valence-corrected chi connectivity index (χ1v) is 11.4. The number of aryl methyl sites for hydroxylation is 1. The van der Waals surface area contributed by atoms with E-state index < -0.39 is 5.97 Å². The van der Waals surface area contributed by atoms with Crippen molar-refractivity contribution >= 4 is 50.9 Å². The van der Waals surface area contributed by atoms with Crippen molar-refractivity contribution in [2.75, 3.05) is 0 Å². The zero-order valence-corrected chi connectivity index (χ0v) is 19.5. The lowest BCUT2D eigenvalue weighted by atomic mass is 10.1. The van der Waals surface area contributed by atoms with Crippen LogP contribution in [0.3, 0.4) is 0 Å². The van der Waals surface area contributed by atoms with E-state index in [-0.39, 0.29) is 22.6 Å². The molecule has 0 aliphatic carbocycles. The van der Waals surface area contributed by atoms with Crippen molar-refractivity contribution in [2.45, 2.75) is 13.5 Å². The van der Waals surface area contributed by atoms with Gasteiger partial charge in [0.15, 0.2) is 0 Å². The average molecular weight is 508 g/mol. The number of benzene rings is 3. The molecule has 0 aromatic heterocycles. The van der Waals surface area contributed by atoms with Crippen molar-refractivity contribution in [1.29, 1.82) is 0 Å². The lowest BCUT2D eigenvalue weighted by molar-refractivity contribution is -0.123. The summed E-state index contributed by atoms with van der Waals surface area (Å²) in [5.74, 6) is -0.580. The maximum Gasteiger partial charge on any atom is 0.343 e. The quantitative estimate of drug-likeness (QED) is 0.233. The Bertz CT molecular complexity index is 1220. The summed E-state index contributed by atoms with van der Waals surface area (Å²) < 4.78 is 6.32. The molecule has 0 N–H and O–H groups in total. The summed E-state index contributed by atoms with van der Waals surface area (Å²) in [6.07, 6.45) is 1.58. The number of imide groups is 1. The van der Waals surface area contributed by atoms with Crippen LogP contribution in [0.15, 0.2) is 82.2 Å². The summed E-state index contributed by atoms with van der Waals surface area (Å²) in [6, 6.07) is 21.5. The summed E-state index contributed by atoms with van der Waals surface area (Å²) in [7, 11) is 0. The van der Waals surface area contributed by atoms with Crippen LogP contribution in [-0.4, -0.2) is 22.0 Å². The minimum Gasteiger partial charge on any atom is -0.422 e. The zero-order valence-electron chi connectivity index (χ0n) is 17.1. The normalized spacial score (nSPS) is 14.8. The van der Waals surface area contributed by atoms with Gasteiger partial charge in [0, 0.05) is 10.0 Å². The third-order valence-corrected chi connectivity index (χ3v) is 6.21. The minimum atomic E-state index is -0.505. The Kier molecular flexibility index (Phi) is 6.58. The molecule has 160 valence electrons. The van der Waals surface area contributed by atoms with E-state index in [1.54, 1.807) is 48.5 Å². The number of ether oxygens (including phenoxy) is 1. The molecule has 7 heteroatoms. The fourth-order valence-electron chi connectivity index (χ4n) is 3.11. The number of nitrogens with zero attached hydrogens (tertiary/aromatic N) is 1. The summed E-state index contributed by atoms with van der Waals surface area (Å²) in [4.78, 5) is 39.4. The molecule has 3 aromatic rings. The van der Waals surface area contributed by atoms with Gasteiger partial charge in [-0.1, -0.05) is 64.0 Å². The number of thioether (sulfide) groups is 1. The first kappa shape index (κ1) is 22.0. The van der Waals surface area contributed by atoms with Gasteiger partial charge in [-0.3, -0.25) is 14.5 Å². The highest BCUT2D eigenvalue weighted by molar-refractivity contribution is 9.10. The van der Waals surface area contributed by atoms with E-state index >= 15 is 0 Å². The monoisotopic (exact) mass is 507 g/mol. The van der Waals surface area contributed by atoms with Gasteiger partial charge in [-0.25, -0.2) is 4.79 Å². The van der Waals surface area contributed by atoms with Gasteiger partial charge in [0.1, 0.15) is 5.75 Å². The molecule has 5 nitrogen and oxygen atoms in total. The smallest absolute Gasteiger partial charge is 0.343 e. The van der Waals surface area contributed by atoms with Crippen molar-refractivity contribution in [3.05, 3.63) is 104 Å². The van der Waals surface area contributed by atoms with Gasteiger partial charge in [0.25, 0.3) is 11.1 Å². The van der Waals surface area contributed by atoms with Gasteiger partial charge in [0.2, 0.25) is 0 Å². The predicted molar refractivity (Wildman–Crippen MR) is 128 cm³/mol. The maximum absolute atomic E-state index is 12.9. The molecule has 1 saturated heterocycles. The molecular formula is C25H18BrNO4S. The first-order chi connectivity index (χ1) is 15.4. The van der Waals surface area contributed by atoms with Crippen LogP contribution in [0, 0.1) is 6.92 Å². The molecular weight excluding hydrogens is 490 g/mol. The fraction of sp³-hybridized carbons (Fsp3) is 0.0800. The molecule has 3 aromatic carbocycles. The second-order valence-electron chi connectivity index (χ2n) is 7.19. The van der Waals surface area contributed by atoms with E-state index in [0.29, 0.717) is 16.9 Å². The third kappa shape index (κ3) is 5.00. The number of halogens is 1. The lowest BCUT2D eigenvalue weighted by Gasteiger charge is -2.12. The van der Waals surface area contributed by atoms with E-state index in [9.17, 15) is 14.4 Å². The Morgan fingerprint density at radius 3 is 2.47 bits per heavy atom. The molecule has 0 spiro atoms. The van der Waals surface area contributed by atoms with Crippen molar-refractivity contribution in [3.63, 3.8) is 0 Å². The summed E-state index contributed by atoms with van der Waals surface area (Å²) in [5.41, 5.74) is 2.92. The van der Waals surface area contributed by atoms with Crippen LogP contribution >= 0.6 is 27.7 Å². The number of carbonyl (C=O) groups is 3. The molecule has 1 fully saturated rings. The number of rotatable bonds is 5. The molecule has 1 heterocycles. The van der Waals surface area contributed by atoms with E-state index in [2.05, 4.69) is 15.9 Å². The van der Waals surface area contributed by atoms with Gasteiger partial charge in [-0.2, -0.15) is 0 Å². The van der Waals surface area contributed by atoms with Gasteiger partial charge in [-0.15, -0.1) is 0 Å². The Balaban J connectivity index is 1.58. The second-order valence-corrected chi connectivity index (χ2v) is 9.10. The summed E-state index contributed by atoms with van der Waals surface area (Å²) in [5, 5.41) is -0.334. The number of hydrogen-bond acceptors (Lipinski definition) is 5. The zero-order chi connectivity index (χ0) is 22.7. The van der Waals surface area contributed by atoms with Crippen LogP contribution in [0.4, 0.5) is 4.79 Å². The second kappa shape index (κ2) is 9.54. The SMILES string of the molecule is Cc1ccc(CN2C(=O)S/C(=C\c3cc(Br)ccc3OC(=O)c3ccccc3)C2=O)cc1. The van der Waals surface area contributed by atoms with Crippen LogP contribution in [0.1, 0.15) is 27.0 Å². The van der Waals surface area contributed by atoms with Crippen LogP contribution < -0.4 is 4.74 Å². The number of esters is 1.